The molecule has 0 radical (unpaired) electrons. The summed E-state index contributed by atoms with van der Waals surface area (Å²) in [7, 11) is 0. The second kappa shape index (κ2) is 21.3. The molecule has 3 saturated carbocycles. The molecule has 0 aromatic rings. The number of hydrogen-bond donors (Lipinski definition) is 12. The fourth-order valence-electron chi connectivity index (χ4n) is 8.76. The Morgan fingerprint density at radius 2 is 1.04 bits per heavy atom. The van der Waals surface area contributed by atoms with Gasteiger partial charge in [0.25, 0.3) is 0 Å². The summed E-state index contributed by atoms with van der Waals surface area (Å²) < 4.78 is 6.22. The van der Waals surface area contributed by atoms with Gasteiger partial charge in [0.05, 0.1) is 54.7 Å². The van der Waals surface area contributed by atoms with E-state index in [0.717, 1.165) is 6.42 Å². The van der Waals surface area contributed by atoms with Crippen LogP contribution in [0.25, 0.3) is 0 Å². The average Bonchev–Trinajstić information content (AvgIpc) is 3.07. The van der Waals surface area contributed by atoms with Crippen molar-refractivity contribution in [2.24, 2.45) is 47.3 Å². The molecule has 0 aliphatic heterocycles. The Morgan fingerprint density at radius 3 is 1.51 bits per heavy atom. The van der Waals surface area contributed by atoms with E-state index in [1.807, 2.05) is 13.8 Å². The van der Waals surface area contributed by atoms with E-state index in [4.69, 9.17) is 4.74 Å². The third-order valence-corrected chi connectivity index (χ3v) is 11.4. The van der Waals surface area contributed by atoms with Crippen LogP contribution in [0.3, 0.4) is 0 Å². The summed E-state index contributed by atoms with van der Waals surface area (Å²) in [6.45, 7) is 11.2. The molecule has 0 aromatic heterocycles. The molecule has 15 atom stereocenters. The SMILES string of the molecule is CC(=O)NC1C(COC(C)(C)CC2C(CO)CC(CO)C(NC(C)=O)C2O)CC(CO)C(O)C1O.CC(=O)NC1C(O)CC(CO)C(CC(C)C)C1O. The molecule has 53 heavy (non-hydrogen) atoms. The maximum atomic E-state index is 11.7. The lowest BCUT2D eigenvalue weighted by Gasteiger charge is -2.47. The van der Waals surface area contributed by atoms with Gasteiger partial charge in [0.1, 0.15) is 6.10 Å². The molecule has 0 aromatic carbocycles. The van der Waals surface area contributed by atoms with Crippen molar-refractivity contribution in [1.29, 1.82) is 0 Å². The Labute approximate surface area is 313 Å². The lowest BCUT2D eigenvalue weighted by Crippen LogP contribution is -2.60. The minimum absolute atomic E-state index is 0.0434. The topological polar surface area (TPSA) is 279 Å². The number of carbonyl (C=O) groups is 3. The first kappa shape index (κ1) is 47.2. The summed E-state index contributed by atoms with van der Waals surface area (Å²) in [5.41, 5.74) is -0.789. The number of hydrogen-bond acceptors (Lipinski definition) is 13. The number of aliphatic hydroxyl groups excluding tert-OH is 9. The Hall–Kier alpha value is -1.99. The van der Waals surface area contributed by atoms with Crippen LogP contribution < -0.4 is 16.0 Å². The summed E-state index contributed by atoms with van der Waals surface area (Å²) in [6, 6.07) is -2.03. The Balaban J connectivity index is 0.000000453. The minimum atomic E-state index is -1.26. The third-order valence-electron chi connectivity index (χ3n) is 11.4. The molecule has 3 amide bonds. The zero-order valence-corrected chi connectivity index (χ0v) is 32.5. The van der Waals surface area contributed by atoms with Crippen LogP contribution in [0.2, 0.25) is 0 Å². The van der Waals surface area contributed by atoms with Crippen LogP contribution in [-0.4, -0.2) is 151 Å². The lowest BCUT2D eigenvalue weighted by molar-refractivity contribution is -0.141. The second-order valence-corrected chi connectivity index (χ2v) is 16.7. The van der Waals surface area contributed by atoms with Crippen LogP contribution >= 0.6 is 0 Å². The predicted molar refractivity (Wildman–Crippen MR) is 194 cm³/mol. The van der Waals surface area contributed by atoms with Gasteiger partial charge in [0.2, 0.25) is 17.7 Å². The minimum Gasteiger partial charge on any atom is -0.396 e. The van der Waals surface area contributed by atoms with Crippen molar-refractivity contribution in [2.45, 2.75) is 135 Å². The number of carbonyl (C=O) groups excluding carboxylic acids is 3. The molecular formula is C37H69N3O13. The van der Waals surface area contributed by atoms with E-state index in [1.54, 1.807) is 0 Å². The van der Waals surface area contributed by atoms with Crippen molar-refractivity contribution in [3.05, 3.63) is 0 Å². The molecule has 0 spiro atoms. The zero-order valence-electron chi connectivity index (χ0n) is 32.5. The maximum Gasteiger partial charge on any atom is 0.217 e. The van der Waals surface area contributed by atoms with Crippen LogP contribution in [-0.2, 0) is 19.1 Å². The van der Waals surface area contributed by atoms with E-state index in [-0.39, 0.29) is 80.3 Å². The number of ether oxygens (including phenoxy) is 1. The molecule has 3 fully saturated rings. The van der Waals surface area contributed by atoms with Crippen molar-refractivity contribution >= 4 is 17.7 Å². The highest BCUT2D eigenvalue weighted by Crippen LogP contribution is 2.40. The van der Waals surface area contributed by atoms with Crippen LogP contribution in [0.1, 0.15) is 80.6 Å². The van der Waals surface area contributed by atoms with Crippen LogP contribution in [0.5, 0.6) is 0 Å². The van der Waals surface area contributed by atoms with Crippen LogP contribution in [0.4, 0.5) is 0 Å². The Morgan fingerprint density at radius 1 is 0.604 bits per heavy atom. The van der Waals surface area contributed by atoms with E-state index in [2.05, 4.69) is 29.8 Å². The molecule has 0 heterocycles. The molecule has 0 bridgehead atoms. The number of aliphatic hydroxyl groups is 9. The molecule has 16 heteroatoms. The van der Waals surface area contributed by atoms with Crippen molar-refractivity contribution in [3.8, 4) is 0 Å². The molecule has 16 nitrogen and oxygen atoms in total. The monoisotopic (exact) mass is 763 g/mol. The summed E-state index contributed by atoms with van der Waals surface area (Å²) in [6.07, 6.45) is -2.73. The molecule has 310 valence electrons. The van der Waals surface area contributed by atoms with Crippen molar-refractivity contribution < 1.29 is 65.1 Å². The van der Waals surface area contributed by atoms with Gasteiger partial charge >= 0.3 is 0 Å². The first-order chi connectivity index (χ1) is 24.7. The van der Waals surface area contributed by atoms with Gasteiger partial charge in [0.15, 0.2) is 0 Å². The van der Waals surface area contributed by atoms with Gasteiger partial charge in [-0.05, 0) is 75.5 Å². The molecular weight excluding hydrogens is 694 g/mol. The highest BCUT2D eigenvalue weighted by atomic mass is 16.5. The molecule has 3 aliphatic rings. The first-order valence-electron chi connectivity index (χ1n) is 19.0. The van der Waals surface area contributed by atoms with Gasteiger partial charge < -0.3 is 66.6 Å². The van der Waals surface area contributed by atoms with Crippen LogP contribution in [0, 0.1) is 47.3 Å². The highest BCUT2D eigenvalue weighted by molar-refractivity contribution is 5.74. The summed E-state index contributed by atoms with van der Waals surface area (Å²) >= 11 is 0. The number of amides is 3. The van der Waals surface area contributed by atoms with Crippen molar-refractivity contribution in [3.63, 3.8) is 0 Å². The maximum absolute atomic E-state index is 11.7. The van der Waals surface area contributed by atoms with Crippen LogP contribution in [0.15, 0.2) is 0 Å². The van der Waals surface area contributed by atoms with E-state index in [0.29, 0.717) is 31.6 Å². The quantitative estimate of drug-likeness (QED) is 0.0915. The summed E-state index contributed by atoms with van der Waals surface area (Å²) in [5.74, 6) is -2.75. The molecule has 0 saturated heterocycles. The van der Waals surface area contributed by atoms with E-state index in [1.165, 1.54) is 20.8 Å². The van der Waals surface area contributed by atoms with Gasteiger partial charge in [0, 0.05) is 65.0 Å². The predicted octanol–water partition coefficient (Wildman–Crippen LogP) is -1.98. The molecule has 3 rings (SSSR count). The van der Waals surface area contributed by atoms with E-state index < -0.39 is 66.1 Å². The van der Waals surface area contributed by atoms with Gasteiger partial charge in [-0.15, -0.1) is 0 Å². The lowest BCUT2D eigenvalue weighted by atomic mass is 9.66. The molecule has 3 aliphatic carbocycles. The largest absolute Gasteiger partial charge is 0.396 e. The molecule has 12 N–H and O–H groups in total. The summed E-state index contributed by atoms with van der Waals surface area (Å²) in [4.78, 5) is 34.5. The van der Waals surface area contributed by atoms with Gasteiger partial charge in [-0.2, -0.15) is 0 Å². The average molecular weight is 764 g/mol. The zero-order chi connectivity index (χ0) is 40.4. The second-order valence-electron chi connectivity index (χ2n) is 16.7. The third kappa shape index (κ3) is 13.3. The van der Waals surface area contributed by atoms with Crippen molar-refractivity contribution in [2.75, 3.05) is 33.0 Å². The number of rotatable bonds is 14. The van der Waals surface area contributed by atoms with Gasteiger partial charge in [-0.3, -0.25) is 14.4 Å². The van der Waals surface area contributed by atoms with E-state index in [9.17, 15) is 60.3 Å². The van der Waals surface area contributed by atoms with Gasteiger partial charge in [-0.25, -0.2) is 0 Å². The van der Waals surface area contributed by atoms with Crippen molar-refractivity contribution in [1.82, 2.24) is 16.0 Å². The normalized spacial score (nSPS) is 37.6. The fraction of sp³-hybridized carbons (Fsp3) is 0.919. The smallest absolute Gasteiger partial charge is 0.217 e. The molecule has 15 unspecified atom stereocenters. The van der Waals surface area contributed by atoms with E-state index >= 15 is 0 Å². The standard InChI is InChI=1S/C24H44N2O9.C13H25NO4/c1-12(30)25-19-15(9-28)5-14(8-27)18(22(19)33)7-24(3,4)35-11-17-6-16(10-29)21(32)23(34)20(17)26-13(2)31;1-7(2)4-10-9(6-15)5-11(17)12(13(10)18)14-8(3)16/h14-23,27-29,32-34H,5-11H2,1-4H3,(H,25,30)(H,26,31);7,9-13,15,17-18H,4-6H2,1-3H3,(H,14,16). The van der Waals surface area contributed by atoms with Gasteiger partial charge in [-0.1, -0.05) is 13.8 Å². The Kier molecular flexibility index (Phi) is 19.0. The Bertz CT molecular complexity index is 1150. The summed E-state index contributed by atoms with van der Waals surface area (Å²) in [5, 5.41) is 99.0. The highest BCUT2D eigenvalue weighted by Gasteiger charge is 2.48. The fourth-order valence-corrected chi connectivity index (χ4v) is 8.76. The number of nitrogens with one attached hydrogen (secondary N) is 3. The first-order valence-corrected chi connectivity index (χ1v) is 19.0.